The van der Waals surface area contributed by atoms with Crippen LogP contribution in [0.3, 0.4) is 0 Å². The number of amides is 2. The summed E-state index contributed by atoms with van der Waals surface area (Å²) in [6.07, 6.45) is 4.61. The summed E-state index contributed by atoms with van der Waals surface area (Å²) >= 11 is 0. The molecule has 204 valence electrons. The average molecular weight is 548 g/mol. The first-order valence-electron chi connectivity index (χ1n) is 13.3. The minimum absolute atomic E-state index is 0.105. The van der Waals surface area contributed by atoms with Gasteiger partial charge in [0.1, 0.15) is 17.7 Å². The van der Waals surface area contributed by atoms with Gasteiger partial charge in [-0.25, -0.2) is 9.37 Å². The molecular formula is C31H26FN7O2. The van der Waals surface area contributed by atoms with Crippen molar-refractivity contribution in [2.24, 2.45) is 7.05 Å². The SMILES string of the molecule is CN1C(=O)[C@@H](NC(=O)c2n[nH]c(Cc3ccccc3F)n2)Cc2cn(-c3cn(C)c4ccccc34)c3cccc1c23. The van der Waals surface area contributed by atoms with Crippen molar-refractivity contribution in [1.82, 2.24) is 29.6 Å². The first-order chi connectivity index (χ1) is 19.9. The third kappa shape index (κ3) is 4.07. The van der Waals surface area contributed by atoms with Crippen LogP contribution in [0.4, 0.5) is 10.1 Å². The normalized spacial score (nSPS) is 15.0. The number of carbonyl (C=O) groups is 2. The molecule has 3 aromatic carbocycles. The van der Waals surface area contributed by atoms with Crippen molar-refractivity contribution in [3.8, 4) is 5.69 Å². The minimum Gasteiger partial charge on any atom is -0.348 e. The maximum absolute atomic E-state index is 14.1. The fraction of sp³-hybridized carbons (Fsp3) is 0.161. The molecule has 3 aromatic heterocycles. The molecule has 7 rings (SSSR count). The number of fused-ring (bicyclic) bond motifs is 1. The molecule has 0 saturated carbocycles. The maximum Gasteiger partial charge on any atom is 0.291 e. The Balaban J connectivity index is 1.21. The van der Waals surface area contributed by atoms with E-state index < -0.39 is 11.9 Å². The van der Waals surface area contributed by atoms with Crippen LogP contribution in [0.15, 0.2) is 79.1 Å². The highest BCUT2D eigenvalue weighted by molar-refractivity contribution is 6.10. The second-order valence-electron chi connectivity index (χ2n) is 10.3. The topological polar surface area (TPSA) is 101 Å². The molecule has 1 atom stereocenters. The molecule has 9 nitrogen and oxygen atoms in total. The van der Waals surface area contributed by atoms with E-state index in [2.05, 4.69) is 54.2 Å². The second-order valence-corrected chi connectivity index (χ2v) is 10.3. The van der Waals surface area contributed by atoms with Crippen molar-refractivity contribution in [2.45, 2.75) is 18.9 Å². The van der Waals surface area contributed by atoms with Crippen LogP contribution in [0.1, 0.15) is 27.6 Å². The van der Waals surface area contributed by atoms with Gasteiger partial charge in [0.25, 0.3) is 5.91 Å². The first-order valence-corrected chi connectivity index (χ1v) is 13.3. The zero-order valence-electron chi connectivity index (χ0n) is 22.4. The molecule has 0 bridgehead atoms. The van der Waals surface area contributed by atoms with Gasteiger partial charge in [0.15, 0.2) is 0 Å². The lowest BCUT2D eigenvalue weighted by molar-refractivity contribution is -0.120. The number of nitrogens with zero attached hydrogens (tertiary/aromatic N) is 5. The monoisotopic (exact) mass is 547 g/mol. The van der Waals surface area contributed by atoms with Gasteiger partial charge in [-0.1, -0.05) is 42.5 Å². The molecule has 1 aliphatic rings. The number of likely N-dealkylation sites (N-methyl/N-ethyl adjacent to an activating group) is 1. The third-order valence-electron chi connectivity index (χ3n) is 7.79. The van der Waals surface area contributed by atoms with Crippen LogP contribution in [0, 0.1) is 5.82 Å². The van der Waals surface area contributed by atoms with Crippen LogP contribution in [-0.4, -0.2) is 49.2 Å². The van der Waals surface area contributed by atoms with Crippen molar-refractivity contribution < 1.29 is 14.0 Å². The van der Waals surface area contributed by atoms with Gasteiger partial charge in [-0.2, -0.15) is 0 Å². The lowest BCUT2D eigenvalue weighted by atomic mass is 10.1. The average Bonchev–Trinajstić information content (AvgIpc) is 3.67. The number of H-pyrrole nitrogens is 1. The van der Waals surface area contributed by atoms with Crippen LogP contribution >= 0.6 is 0 Å². The summed E-state index contributed by atoms with van der Waals surface area (Å²) in [5.74, 6) is -0.925. The molecule has 0 fully saturated rings. The number of rotatable bonds is 5. The summed E-state index contributed by atoms with van der Waals surface area (Å²) in [7, 11) is 3.75. The van der Waals surface area contributed by atoms with Gasteiger partial charge in [-0.15, -0.1) is 5.10 Å². The zero-order chi connectivity index (χ0) is 28.2. The number of anilines is 1. The fourth-order valence-corrected chi connectivity index (χ4v) is 5.79. The predicted octanol–water partition coefficient (Wildman–Crippen LogP) is 4.29. The van der Waals surface area contributed by atoms with E-state index in [1.165, 1.54) is 6.07 Å². The number of hydrogen-bond acceptors (Lipinski definition) is 4. The largest absolute Gasteiger partial charge is 0.348 e. The Morgan fingerprint density at radius 2 is 1.78 bits per heavy atom. The quantitative estimate of drug-likeness (QED) is 0.336. The standard InChI is InChI=1S/C31H26FN7O2/c1-37-17-26(20-9-4-6-11-23(20)37)39-16-19-14-22(31(41)38(2)24-12-7-13-25(39)28(19)24)33-30(40)29-34-27(35-36-29)15-18-8-3-5-10-21(18)32/h3-13,16-17,22H,14-15H2,1-2H3,(H,33,40)(H,34,35,36)/t22-/m0/s1. The minimum atomic E-state index is -0.833. The van der Waals surface area contributed by atoms with Crippen LogP contribution in [0.25, 0.3) is 27.5 Å². The molecule has 0 spiro atoms. The summed E-state index contributed by atoms with van der Waals surface area (Å²) in [6, 6.07) is 19.7. The Morgan fingerprint density at radius 3 is 2.63 bits per heavy atom. The molecule has 0 aliphatic carbocycles. The Morgan fingerprint density at radius 1 is 1.00 bits per heavy atom. The number of aryl methyl sites for hydroxylation is 1. The highest BCUT2D eigenvalue weighted by Crippen LogP contribution is 2.37. The Hall–Kier alpha value is -5.25. The second kappa shape index (κ2) is 9.44. The van der Waals surface area contributed by atoms with E-state index in [1.54, 1.807) is 30.1 Å². The van der Waals surface area contributed by atoms with Gasteiger partial charge in [-0.3, -0.25) is 14.7 Å². The number of para-hydroxylation sites is 1. The number of benzene rings is 3. The summed E-state index contributed by atoms with van der Waals surface area (Å²) in [5, 5.41) is 11.7. The number of hydrogen-bond donors (Lipinski definition) is 2. The van der Waals surface area contributed by atoms with Crippen LogP contribution in [0.2, 0.25) is 0 Å². The van der Waals surface area contributed by atoms with Crippen molar-refractivity contribution in [2.75, 3.05) is 11.9 Å². The summed E-state index contributed by atoms with van der Waals surface area (Å²) in [6.45, 7) is 0. The van der Waals surface area contributed by atoms with Gasteiger partial charge in [0.2, 0.25) is 11.7 Å². The highest BCUT2D eigenvalue weighted by atomic mass is 19.1. The number of halogens is 1. The van der Waals surface area contributed by atoms with E-state index in [1.807, 2.05) is 37.4 Å². The summed E-state index contributed by atoms with van der Waals surface area (Å²) in [4.78, 5) is 32.6. The summed E-state index contributed by atoms with van der Waals surface area (Å²) in [5.41, 5.74) is 5.30. The van der Waals surface area contributed by atoms with Crippen LogP contribution in [-0.2, 0) is 24.7 Å². The van der Waals surface area contributed by atoms with E-state index in [4.69, 9.17) is 0 Å². The molecule has 4 heterocycles. The van der Waals surface area contributed by atoms with Crippen molar-refractivity contribution in [1.29, 1.82) is 0 Å². The van der Waals surface area contributed by atoms with E-state index in [0.29, 0.717) is 17.8 Å². The lowest BCUT2D eigenvalue weighted by Crippen LogP contribution is -2.48. The predicted molar refractivity (Wildman–Crippen MR) is 154 cm³/mol. The first kappa shape index (κ1) is 24.8. The number of nitrogens with one attached hydrogen (secondary N) is 2. The molecule has 0 radical (unpaired) electrons. The Labute approximate surface area is 234 Å². The van der Waals surface area contributed by atoms with E-state index >= 15 is 0 Å². The fourth-order valence-electron chi connectivity index (χ4n) is 5.79. The number of carbonyl (C=O) groups excluding carboxylic acids is 2. The zero-order valence-corrected chi connectivity index (χ0v) is 22.4. The molecule has 0 unspecified atom stereocenters. The van der Waals surface area contributed by atoms with Gasteiger partial charge in [0, 0.05) is 55.6 Å². The molecule has 6 aromatic rings. The third-order valence-corrected chi connectivity index (χ3v) is 7.79. The molecule has 41 heavy (non-hydrogen) atoms. The van der Waals surface area contributed by atoms with E-state index in [-0.39, 0.29) is 24.0 Å². The van der Waals surface area contributed by atoms with Crippen molar-refractivity contribution >= 4 is 39.3 Å². The summed E-state index contributed by atoms with van der Waals surface area (Å²) < 4.78 is 18.3. The van der Waals surface area contributed by atoms with Crippen molar-refractivity contribution in [3.05, 3.63) is 108 Å². The number of aromatic nitrogens is 5. The number of aromatic amines is 1. The molecule has 10 heteroatoms. The molecule has 0 saturated heterocycles. The van der Waals surface area contributed by atoms with Gasteiger partial charge in [0.05, 0.1) is 16.9 Å². The van der Waals surface area contributed by atoms with Crippen molar-refractivity contribution in [3.63, 3.8) is 0 Å². The molecule has 2 N–H and O–H groups in total. The highest BCUT2D eigenvalue weighted by Gasteiger charge is 2.33. The molecular weight excluding hydrogens is 521 g/mol. The molecule has 1 aliphatic heterocycles. The Kier molecular flexibility index (Phi) is 5.70. The molecule has 2 amide bonds. The van der Waals surface area contributed by atoms with Gasteiger partial charge in [-0.05, 0) is 35.4 Å². The van der Waals surface area contributed by atoms with Crippen LogP contribution in [0.5, 0.6) is 0 Å². The maximum atomic E-state index is 14.1. The van der Waals surface area contributed by atoms with Gasteiger partial charge >= 0.3 is 0 Å². The van der Waals surface area contributed by atoms with E-state index in [0.717, 1.165) is 38.7 Å². The Bertz CT molecular complexity index is 1990. The van der Waals surface area contributed by atoms with E-state index in [9.17, 15) is 14.0 Å². The van der Waals surface area contributed by atoms with Gasteiger partial charge < -0.3 is 19.4 Å². The van der Waals surface area contributed by atoms with Crippen LogP contribution < -0.4 is 10.2 Å². The smallest absolute Gasteiger partial charge is 0.291 e. The lowest BCUT2D eigenvalue weighted by Gasteiger charge is -2.22.